The topological polar surface area (TPSA) is 35.5 Å². The molecule has 0 saturated carbocycles. The Bertz CT molecular complexity index is 1120. The first-order valence-electron chi connectivity index (χ1n) is 9.30. The van der Waals surface area contributed by atoms with Gasteiger partial charge in [-0.3, -0.25) is 0 Å². The smallest absolute Gasteiger partial charge is 0.342 e. The van der Waals surface area contributed by atoms with Gasteiger partial charge in [0.15, 0.2) is 0 Å². The quantitative estimate of drug-likeness (QED) is 0.315. The van der Waals surface area contributed by atoms with E-state index in [0.29, 0.717) is 17.9 Å². The van der Waals surface area contributed by atoms with Crippen LogP contribution in [0.25, 0.3) is 10.8 Å². The number of rotatable bonds is 6. The average molecular weight is 447 g/mol. The van der Waals surface area contributed by atoms with Gasteiger partial charge in [0.2, 0.25) is 0 Å². The first-order chi connectivity index (χ1) is 14.2. The number of carbonyl (C=O) groups is 1. The van der Waals surface area contributed by atoms with Crippen molar-refractivity contribution in [3.05, 3.63) is 112 Å². The lowest BCUT2D eigenvalue weighted by Gasteiger charge is -2.13. The molecule has 0 aromatic heterocycles. The molecular weight excluding hydrogens is 428 g/mol. The second-order valence-corrected chi connectivity index (χ2v) is 7.59. The second-order valence-electron chi connectivity index (χ2n) is 6.68. The maximum atomic E-state index is 12.9. The zero-order chi connectivity index (χ0) is 20.1. The van der Waals surface area contributed by atoms with Crippen LogP contribution in [0.4, 0.5) is 0 Å². The van der Waals surface area contributed by atoms with Gasteiger partial charge in [-0.2, -0.15) is 0 Å². The van der Waals surface area contributed by atoms with Crippen molar-refractivity contribution in [2.45, 2.75) is 13.2 Å². The third kappa shape index (κ3) is 4.84. The lowest BCUT2D eigenvalue weighted by atomic mass is 10.1. The van der Waals surface area contributed by atoms with Crippen LogP contribution < -0.4 is 4.74 Å². The monoisotopic (exact) mass is 446 g/mol. The zero-order valence-electron chi connectivity index (χ0n) is 15.7. The predicted molar refractivity (Wildman–Crippen MR) is 118 cm³/mol. The molecule has 144 valence electrons. The fourth-order valence-electron chi connectivity index (χ4n) is 3.06. The summed E-state index contributed by atoms with van der Waals surface area (Å²) in [6, 6.07) is 29.2. The summed E-state index contributed by atoms with van der Waals surface area (Å²) in [5, 5.41) is 1.94. The molecule has 0 N–H and O–H groups in total. The minimum atomic E-state index is -0.404. The Morgan fingerprint density at radius 1 is 0.724 bits per heavy atom. The molecule has 4 rings (SSSR count). The molecule has 0 aliphatic rings. The van der Waals surface area contributed by atoms with E-state index < -0.39 is 5.97 Å². The normalized spacial score (nSPS) is 10.7. The number of fused-ring (bicyclic) bond motifs is 1. The van der Waals surface area contributed by atoms with Crippen LogP contribution in [0.1, 0.15) is 21.5 Å². The van der Waals surface area contributed by atoms with Crippen LogP contribution in [0.5, 0.6) is 5.75 Å². The highest BCUT2D eigenvalue weighted by Crippen LogP contribution is 2.29. The van der Waals surface area contributed by atoms with Crippen LogP contribution in [-0.2, 0) is 18.0 Å². The summed E-state index contributed by atoms with van der Waals surface area (Å²) in [5.41, 5.74) is 2.39. The fraction of sp³-hybridized carbons (Fsp3) is 0.0800. The highest BCUT2D eigenvalue weighted by molar-refractivity contribution is 9.10. The summed E-state index contributed by atoms with van der Waals surface area (Å²) in [6.07, 6.45) is 0. The van der Waals surface area contributed by atoms with Gasteiger partial charge in [0.1, 0.15) is 24.5 Å². The van der Waals surface area contributed by atoms with Crippen LogP contribution in [0.15, 0.2) is 95.5 Å². The van der Waals surface area contributed by atoms with Crippen molar-refractivity contribution in [1.82, 2.24) is 0 Å². The summed E-state index contributed by atoms with van der Waals surface area (Å²) in [7, 11) is 0. The average Bonchev–Trinajstić information content (AvgIpc) is 2.77. The summed E-state index contributed by atoms with van der Waals surface area (Å²) < 4.78 is 12.5. The van der Waals surface area contributed by atoms with E-state index in [0.717, 1.165) is 26.4 Å². The van der Waals surface area contributed by atoms with Gasteiger partial charge < -0.3 is 9.47 Å². The minimum Gasteiger partial charge on any atom is -0.488 e. The Labute approximate surface area is 178 Å². The van der Waals surface area contributed by atoms with Crippen molar-refractivity contribution in [2.75, 3.05) is 0 Å². The molecule has 4 aromatic rings. The van der Waals surface area contributed by atoms with E-state index in [1.165, 1.54) is 0 Å². The van der Waals surface area contributed by atoms with Crippen molar-refractivity contribution >= 4 is 32.7 Å². The van der Waals surface area contributed by atoms with Crippen LogP contribution in [0.3, 0.4) is 0 Å². The van der Waals surface area contributed by atoms with Crippen LogP contribution in [-0.4, -0.2) is 5.97 Å². The van der Waals surface area contributed by atoms with Crippen molar-refractivity contribution < 1.29 is 14.3 Å². The Kier molecular flexibility index (Phi) is 5.92. The maximum Gasteiger partial charge on any atom is 0.342 e. The van der Waals surface area contributed by atoms with Crippen molar-refractivity contribution in [3.63, 3.8) is 0 Å². The number of ether oxygens (including phenoxy) is 2. The zero-order valence-corrected chi connectivity index (χ0v) is 17.3. The van der Waals surface area contributed by atoms with E-state index in [4.69, 9.17) is 9.47 Å². The SMILES string of the molecule is O=C(OCc1ccccc1)c1cc2cc(Br)ccc2cc1OCc1ccccc1. The van der Waals surface area contributed by atoms with E-state index in [9.17, 15) is 4.79 Å². The molecule has 0 heterocycles. The van der Waals surface area contributed by atoms with E-state index in [1.54, 1.807) is 0 Å². The largest absolute Gasteiger partial charge is 0.488 e. The number of carbonyl (C=O) groups excluding carboxylic acids is 1. The third-order valence-corrected chi connectivity index (χ3v) is 5.06. The molecule has 0 atom stereocenters. The molecule has 0 radical (unpaired) electrons. The summed E-state index contributed by atoms with van der Waals surface area (Å²) in [6.45, 7) is 0.593. The van der Waals surface area contributed by atoms with Crippen molar-refractivity contribution in [2.24, 2.45) is 0 Å². The molecule has 0 spiro atoms. The number of benzene rings is 4. The van der Waals surface area contributed by atoms with E-state index in [-0.39, 0.29) is 6.61 Å². The van der Waals surface area contributed by atoms with Gasteiger partial charge in [-0.25, -0.2) is 4.79 Å². The van der Waals surface area contributed by atoms with E-state index in [2.05, 4.69) is 15.9 Å². The van der Waals surface area contributed by atoms with Gasteiger partial charge in [0, 0.05) is 4.47 Å². The lowest BCUT2D eigenvalue weighted by Crippen LogP contribution is -2.08. The molecule has 0 aliphatic heterocycles. The van der Waals surface area contributed by atoms with Crippen LogP contribution in [0.2, 0.25) is 0 Å². The van der Waals surface area contributed by atoms with Crippen LogP contribution in [0, 0.1) is 0 Å². The molecule has 0 fully saturated rings. The van der Waals surface area contributed by atoms with Crippen LogP contribution >= 0.6 is 15.9 Å². The first-order valence-corrected chi connectivity index (χ1v) is 10.1. The first kappa shape index (κ1) is 19.2. The van der Waals surface area contributed by atoms with E-state index >= 15 is 0 Å². The molecule has 0 bridgehead atoms. The van der Waals surface area contributed by atoms with Gasteiger partial charge in [0.05, 0.1) is 0 Å². The Morgan fingerprint density at radius 2 is 1.38 bits per heavy atom. The number of esters is 1. The third-order valence-electron chi connectivity index (χ3n) is 4.57. The van der Waals surface area contributed by atoms with Crippen molar-refractivity contribution in [3.8, 4) is 5.75 Å². The Balaban J connectivity index is 1.62. The molecule has 4 aromatic carbocycles. The van der Waals surface area contributed by atoms with Gasteiger partial charge in [-0.05, 0) is 46.2 Å². The predicted octanol–water partition coefficient (Wildman–Crippen LogP) is 6.54. The number of hydrogen-bond acceptors (Lipinski definition) is 3. The van der Waals surface area contributed by atoms with E-state index in [1.807, 2.05) is 91.0 Å². The molecule has 4 heteroatoms. The molecule has 0 unspecified atom stereocenters. The molecule has 0 amide bonds. The summed E-state index contributed by atoms with van der Waals surface area (Å²) in [5.74, 6) is 0.112. The van der Waals surface area contributed by atoms with Gasteiger partial charge in [0.25, 0.3) is 0 Å². The standard InChI is InChI=1S/C25H19BrO3/c26-22-12-11-20-15-24(28-16-18-7-3-1-4-8-18)23(14-21(20)13-22)25(27)29-17-19-9-5-2-6-10-19/h1-15H,16-17H2. The highest BCUT2D eigenvalue weighted by atomic mass is 79.9. The maximum absolute atomic E-state index is 12.9. The Morgan fingerprint density at radius 3 is 2.07 bits per heavy atom. The molecule has 29 heavy (non-hydrogen) atoms. The molecule has 3 nitrogen and oxygen atoms in total. The second kappa shape index (κ2) is 8.93. The molecule has 0 aliphatic carbocycles. The summed E-state index contributed by atoms with van der Waals surface area (Å²) >= 11 is 3.49. The molecule has 0 saturated heterocycles. The fourth-order valence-corrected chi connectivity index (χ4v) is 3.44. The van der Waals surface area contributed by atoms with Crippen molar-refractivity contribution in [1.29, 1.82) is 0 Å². The lowest BCUT2D eigenvalue weighted by molar-refractivity contribution is 0.0468. The number of hydrogen-bond donors (Lipinski definition) is 0. The Hall–Kier alpha value is -3.11. The molecular formula is C25H19BrO3. The minimum absolute atomic E-state index is 0.217. The van der Waals surface area contributed by atoms with Gasteiger partial charge in [-0.15, -0.1) is 0 Å². The highest BCUT2D eigenvalue weighted by Gasteiger charge is 2.16. The number of halogens is 1. The van der Waals surface area contributed by atoms with Gasteiger partial charge in [-0.1, -0.05) is 82.7 Å². The van der Waals surface area contributed by atoms with Gasteiger partial charge >= 0.3 is 5.97 Å². The summed E-state index contributed by atoms with van der Waals surface area (Å²) in [4.78, 5) is 12.9.